The van der Waals surface area contributed by atoms with Gasteiger partial charge in [-0.05, 0) is 48.5 Å². The van der Waals surface area contributed by atoms with Crippen LogP contribution in [0.1, 0.15) is 90.4 Å². The fourth-order valence-corrected chi connectivity index (χ4v) is 5.08. The predicted molar refractivity (Wildman–Crippen MR) is 169 cm³/mol. The molecule has 0 N–H and O–H groups in total. The zero-order valence-corrected chi connectivity index (χ0v) is 27.6. The van der Waals surface area contributed by atoms with Crippen molar-refractivity contribution >= 4 is 35.2 Å². The van der Waals surface area contributed by atoms with Crippen LogP contribution in [0.15, 0.2) is 58.1 Å². The topological polar surface area (TPSA) is 213 Å². The first-order valence-corrected chi connectivity index (χ1v) is 14.5. The lowest BCUT2D eigenvalue weighted by Crippen LogP contribution is -2.32. The maximum Gasteiger partial charge on any atom is 0.478 e. The summed E-state index contributed by atoms with van der Waals surface area (Å²) in [6, 6.07) is 11.2. The molecular weight excluding hydrogens is 662 g/mol. The van der Waals surface area contributed by atoms with Gasteiger partial charge in [-0.25, -0.2) is 27.9 Å². The highest BCUT2D eigenvalue weighted by molar-refractivity contribution is 6.11. The van der Waals surface area contributed by atoms with Crippen LogP contribution in [0.4, 0.5) is 0 Å². The number of carbonyl (C=O) groups excluding carboxylic acids is 6. The molecule has 0 atom stereocenters. The predicted octanol–water partition coefficient (Wildman–Crippen LogP) is 2.07. The number of ketones is 2. The number of methoxy groups -OCH3 is 2. The molecule has 2 aromatic heterocycles. The molecule has 0 bridgehead atoms. The smallest absolute Gasteiger partial charge is 0.478 e. The zero-order valence-electron chi connectivity index (χ0n) is 27.6. The fraction of sp³-hybridized carbons (Fsp3) is 0.250. The molecule has 0 fully saturated rings. The first kappa shape index (κ1) is 36.1. The van der Waals surface area contributed by atoms with Crippen LogP contribution in [-0.4, -0.2) is 72.8 Å². The molecule has 18 nitrogen and oxygen atoms in total. The molecule has 260 valence electrons. The standard InChI is InChI=1S/C32H30N5O13/c1-17(38)33-25(27(35(19(3)40)31(33)44)29(42)21-7-11-23(47-5)12-8-21)15-49-37(46)50-16-26-28(30(43)22-9-13-24(48-6)14-10-22)36(20(4)41)32(45)34(26)18(2)39/h7-14H,15-16H2,1-6H3/q+1. The van der Waals surface area contributed by atoms with Gasteiger partial charge in [-0.2, -0.15) is 9.68 Å². The molecule has 2 heterocycles. The Morgan fingerprint density at radius 3 is 1.10 bits per heavy atom. The second kappa shape index (κ2) is 14.6. The van der Waals surface area contributed by atoms with Crippen molar-refractivity contribution in [1.82, 2.24) is 18.3 Å². The van der Waals surface area contributed by atoms with E-state index >= 15 is 0 Å². The van der Waals surface area contributed by atoms with Crippen molar-refractivity contribution in [3.05, 3.63) is 108 Å². The summed E-state index contributed by atoms with van der Waals surface area (Å²) in [5.41, 5.74) is -4.54. The Balaban J connectivity index is 1.71. The molecular formula is C32H30N5O13+. The van der Waals surface area contributed by atoms with Crippen molar-refractivity contribution in [3.63, 3.8) is 0 Å². The summed E-state index contributed by atoms with van der Waals surface area (Å²) < 4.78 is 12.0. The van der Waals surface area contributed by atoms with Crippen molar-refractivity contribution < 1.29 is 53.0 Å². The molecule has 50 heavy (non-hydrogen) atoms. The number of hydrogen-bond donors (Lipinski definition) is 0. The van der Waals surface area contributed by atoms with E-state index in [0.717, 1.165) is 27.7 Å². The average molecular weight is 693 g/mol. The zero-order chi connectivity index (χ0) is 37.0. The van der Waals surface area contributed by atoms with Crippen LogP contribution in [0.2, 0.25) is 0 Å². The molecule has 0 spiro atoms. The van der Waals surface area contributed by atoms with Gasteiger partial charge in [0, 0.05) is 38.8 Å². The Bertz CT molecular complexity index is 2030. The Kier molecular flexibility index (Phi) is 10.5. The van der Waals surface area contributed by atoms with Crippen LogP contribution < -0.4 is 20.9 Å². The summed E-state index contributed by atoms with van der Waals surface area (Å²) in [5.74, 6) is -4.65. The summed E-state index contributed by atoms with van der Waals surface area (Å²) in [7, 11) is 2.81. The van der Waals surface area contributed by atoms with Crippen molar-refractivity contribution in [2.24, 2.45) is 0 Å². The quantitative estimate of drug-likeness (QED) is 0.154. The lowest BCUT2D eigenvalue weighted by molar-refractivity contribution is -0.988. The summed E-state index contributed by atoms with van der Waals surface area (Å²) in [4.78, 5) is 126. The van der Waals surface area contributed by atoms with Gasteiger partial charge in [0.25, 0.3) is 0 Å². The summed E-state index contributed by atoms with van der Waals surface area (Å²) in [5, 5.41) is -0.524. The Hall–Kier alpha value is -6.72. The fourth-order valence-electron chi connectivity index (χ4n) is 5.08. The van der Waals surface area contributed by atoms with Crippen molar-refractivity contribution in [2.45, 2.75) is 40.9 Å². The van der Waals surface area contributed by atoms with Gasteiger partial charge in [-0.1, -0.05) is 0 Å². The molecule has 0 amide bonds. The van der Waals surface area contributed by atoms with Crippen LogP contribution in [0.5, 0.6) is 11.5 Å². The first-order valence-electron chi connectivity index (χ1n) is 14.5. The van der Waals surface area contributed by atoms with Gasteiger partial charge in [0.05, 0.1) is 14.2 Å². The minimum absolute atomic E-state index is 0.00998. The monoisotopic (exact) mass is 692 g/mol. The minimum atomic E-state index is -1.20. The molecule has 0 aliphatic rings. The molecule has 4 aromatic rings. The highest BCUT2D eigenvalue weighted by Crippen LogP contribution is 2.21. The number of benzene rings is 2. The number of nitrogens with zero attached hydrogens (tertiary/aromatic N) is 5. The van der Waals surface area contributed by atoms with Gasteiger partial charge in [-0.15, -0.1) is 0 Å². The lowest BCUT2D eigenvalue weighted by atomic mass is 10.1. The summed E-state index contributed by atoms with van der Waals surface area (Å²) in [6.07, 6.45) is 0. The SMILES string of the molecule is COc1ccc(C(=O)c2c(CO[N+](=O)OCc3c(C(=O)c4ccc(OC)cc4)n(C(C)=O)c(=O)n3C(C)=O)n(C(C)=O)c(=O)n2C(C)=O)cc1. The van der Waals surface area contributed by atoms with E-state index in [1.54, 1.807) is 0 Å². The Morgan fingerprint density at radius 2 is 0.840 bits per heavy atom. The largest absolute Gasteiger partial charge is 0.497 e. The van der Waals surface area contributed by atoms with Crippen molar-refractivity contribution in [1.29, 1.82) is 0 Å². The highest BCUT2D eigenvalue weighted by Gasteiger charge is 2.34. The van der Waals surface area contributed by atoms with E-state index < -0.39 is 87.7 Å². The third kappa shape index (κ3) is 6.80. The maximum atomic E-state index is 13.6. The van der Waals surface area contributed by atoms with Crippen LogP contribution in [0.25, 0.3) is 0 Å². The van der Waals surface area contributed by atoms with E-state index in [4.69, 9.17) is 19.1 Å². The summed E-state index contributed by atoms with van der Waals surface area (Å²) in [6.45, 7) is 1.95. The van der Waals surface area contributed by atoms with Gasteiger partial charge in [0.2, 0.25) is 48.4 Å². The first-order chi connectivity index (χ1) is 23.6. The molecule has 0 aliphatic carbocycles. The van der Waals surface area contributed by atoms with Crippen LogP contribution in [0.3, 0.4) is 0 Å². The van der Waals surface area contributed by atoms with E-state index in [0.29, 0.717) is 29.8 Å². The average Bonchev–Trinajstić information content (AvgIpc) is 3.56. The molecule has 0 saturated carbocycles. The van der Waals surface area contributed by atoms with E-state index in [1.165, 1.54) is 62.8 Å². The highest BCUT2D eigenvalue weighted by atomic mass is 17.0. The second-order valence-corrected chi connectivity index (χ2v) is 10.5. The molecule has 0 aliphatic heterocycles. The van der Waals surface area contributed by atoms with Crippen LogP contribution >= 0.6 is 0 Å². The van der Waals surface area contributed by atoms with E-state index in [1.807, 2.05) is 0 Å². The number of aromatic nitrogens is 4. The minimum Gasteiger partial charge on any atom is -0.497 e. The van der Waals surface area contributed by atoms with Gasteiger partial charge in [0.15, 0.2) is 0 Å². The van der Waals surface area contributed by atoms with Gasteiger partial charge >= 0.3 is 16.5 Å². The molecule has 2 aromatic carbocycles. The number of hydrogen-bond acceptors (Lipinski definition) is 13. The lowest BCUT2D eigenvalue weighted by Gasteiger charge is -2.08. The van der Waals surface area contributed by atoms with Crippen LogP contribution in [-0.2, 0) is 22.9 Å². The van der Waals surface area contributed by atoms with E-state index in [-0.39, 0.29) is 11.1 Å². The third-order valence-electron chi connectivity index (χ3n) is 7.31. The van der Waals surface area contributed by atoms with Crippen molar-refractivity contribution in [3.8, 4) is 11.5 Å². The summed E-state index contributed by atoms with van der Waals surface area (Å²) >= 11 is 0. The van der Waals surface area contributed by atoms with E-state index in [2.05, 4.69) is 0 Å². The maximum absolute atomic E-state index is 13.6. The molecule has 4 rings (SSSR count). The normalized spacial score (nSPS) is 10.7. The molecule has 18 heteroatoms. The number of ether oxygens (including phenoxy) is 2. The Labute approximate surface area is 281 Å². The van der Waals surface area contributed by atoms with Crippen LogP contribution in [0, 0.1) is 4.91 Å². The molecule has 0 unspecified atom stereocenters. The number of carbonyl (C=O) groups is 6. The van der Waals surface area contributed by atoms with Gasteiger partial charge in [0.1, 0.15) is 39.2 Å². The second-order valence-electron chi connectivity index (χ2n) is 10.5. The van der Waals surface area contributed by atoms with Gasteiger partial charge < -0.3 is 9.47 Å². The van der Waals surface area contributed by atoms with Crippen molar-refractivity contribution in [2.75, 3.05) is 14.2 Å². The third-order valence-corrected chi connectivity index (χ3v) is 7.31. The number of rotatable bonds is 12. The number of imidazole rings is 2. The van der Waals surface area contributed by atoms with Gasteiger partial charge in [-0.3, -0.25) is 28.8 Å². The van der Waals surface area contributed by atoms with E-state index in [9.17, 15) is 43.3 Å². The molecule has 0 saturated heterocycles. The Morgan fingerprint density at radius 1 is 0.540 bits per heavy atom. The molecule has 0 radical (unpaired) electrons.